The van der Waals surface area contributed by atoms with Gasteiger partial charge in [-0.05, 0) is 87.9 Å². The van der Waals surface area contributed by atoms with E-state index in [1.807, 2.05) is 0 Å². The fourth-order valence-electron chi connectivity index (χ4n) is 7.25. The lowest BCUT2D eigenvalue weighted by Crippen LogP contribution is -2.34. The molecule has 0 saturated heterocycles. The molecule has 0 unspecified atom stereocenters. The summed E-state index contributed by atoms with van der Waals surface area (Å²) in [5.41, 5.74) is 16.7. The lowest BCUT2D eigenvalue weighted by molar-refractivity contribution is 0.719. The number of nitriles is 1. The molecule has 0 fully saturated rings. The van der Waals surface area contributed by atoms with Gasteiger partial charge in [0.25, 0.3) is 0 Å². The summed E-state index contributed by atoms with van der Waals surface area (Å²) in [6, 6.07) is 40.9. The van der Waals surface area contributed by atoms with Crippen LogP contribution in [0.25, 0.3) is 11.1 Å². The molecule has 2 aliphatic rings. The minimum atomic E-state index is -0.375. The van der Waals surface area contributed by atoms with Crippen molar-refractivity contribution < 1.29 is 0 Å². The minimum Gasteiger partial charge on any atom is -0.198 e. The van der Waals surface area contributed by atoms with E-state index in [1.54, 1.807) is 0 Å². The fourth-order valence-corrected chi connectivity index (χ4v) is 7.25. The van der Waals surface area contributed by atoms with E-state index in [0.29, 0.717) is 6.42 Å². The van der Waals surface area contributed by atoms with E-state index in [4.69, 9.17) is 0 Å². The Hall–Kier alpha value is -4.41. The van der Waals surface area contributed by atoms with Crippen LogP contribution < -0.4 is 0 Å². The van der Waals surface area contributed by atoms with Gasteiger partial charge in [-0.25, -0.2) is 0 Å². The molecule has 7 rings (SSSR count). The fraction of sp³-hybridized carbons (Fsp3) is 0.162. The number of hydrogen-bond acceptors (Lipinski definition) is 1. The van der Waals surface area contributed by atoms with Gasteiger partial charge in [-0.3, -0.25) is 0 Å². The number of benzene rings is 5. The molecule has 0 amide bonds. The van der Waals surface area contributed by atoms with Crippen LogP contribution in [-0.4, -0.2) is 0 Å². The summed E-state index contributed by atoms with van der Waals surface area (Å²) in [7, 11) is 0. The average Bonchev–Trinajstić information content (AvgIpc) is 3.20. The van der Waals surface area contributed by atoms with Crippen molar-refractivity contribution in [2.75, 3.05) is 0 Å². The van der Waals surface area contributed by atoms with E-state index in [2.05, 4.69) is 123 Å². The lowest BCUT2D eigenvalue weighted by Gasteiger charge is -2.41. The first kappa shape index (κ1) is 22.8. The van der Waals surface area contributed by atoms with Gasteiger partial charge >= 0.3 is 0 Å². The molecule has 1 spiro atoms. The van der Waals surface area contributed by atoms with Crippen molar-refractivity contribution >= 4 is 0 Å². The minimum absolute atomic E-state index is 0.375. The van der Waals surface area contributed by atoms with Crippen LogP contribution >= 0.6 is 0 Å². The molecule has 0 radical (unpaired) electrons. The summed E-state index contributed by atoms with van der Waals surface area (Å²) < 4.78 is 0. The summed E-state index contributed by atoms with van der Waals surface area (Å²) in [5, 5.41) is 9.88. The standard InChI is InChI=1S/C37H29N/c1-24-17-25(2)19-26(18-24)20-29-22-30-21-28-9-3-6-12-33(28)37(36(30)23-27(29)15-16-38)34-13-7-4-10-31(34)32-11-5-8-14-35(32)37/h3-14,17-19,22-23H,15,20-21H2,1-2H3. The van der Waals surface area contributed by atoms with Gasteiger partial charge in [-0.15, -0.1) is 0 Å². The van der Waals surface area contributed by atoms with Gasteiger partial charge in [0.15, 0.2) is 0 Å². The molecule has 0 aromatic heterocycles. The Bertz CT molecular complexity index is 1720. The molecular weight excluding hydrogens is 458 g/mol. The zero-order valence-corrected chi connectivity index (χ0v) is 21.9. The van der Waals surface area contributed by atoms with E-state index in [9.17, 15) is 5.26 Å². The summed E-state index contributed by atoms with van der Waals surface area (Å²) in [6.45, 7) is 4.32. The zero-order chi connectivity index (χ0) is 25.9. The average molecular weight is 488 g/mol. The Labute approximate surface area is 225 Å². The first-order valence-electron chi connectivity index (χ1n) is 13.5. The van der Waals surface area contributed by atoms with Crippen LogP contribution in [0.15, 0.2) is 103 Å². The molecule has 1 heteroatoms. The first-order valence-corrected chi connectivity index (χ1v) is 13.5. The van der Waals surface area contributed by atoms with Crippen LogP contribution in [0.3, 0.4) is 0 Å². The maximum absolute atomic E-state index is 9.88. The molecule has 2 aliphatic carbocycles. The lowest BCUT2D eigenvalue weighted by atomic mass is 9.61. The van der Waals surface area contributed by atoms with E-state index in [0.717, 1.165) is 18.4 Å². The molecule has 0 atom stereocenters. The summed E-state index contributed by atoms with van der Waals surface area (Å²) >= 11 is 0. The third-order valence-electron chi connectivity index (χ3n) is 8.53. The Morgan fingerprint density at radius 2 is 1.24 bits per heavy atom. The molecule has 0 bridgehead atoms. The molecule has 0 N–H and O–H groups in total. The molecule has 5 aromatic rings. The predicted octanol–water partition coefficient (Wildman–Crippen LogP) is 8.23. The number of fused-ring (bicyclic) bond motifs is 9. The van der Waals surface area contributed by atoms with Crippen LogP contribution in [0.5, 0.6) is 0 Å². The Kier molecular flexibility index (Phi) is 5.14. The highest BCUT2D eigenvalue weighted by Crippen LogP contribution is 2.59. The molecule has 1 nitrogen and oxygen atoms in total. The maximum Gasteiger partial charge on any atom is 0.0719 e. The highest BCUT2D eigenvalue weighted by Gasteiger charge is 2.49. The van der Waals surface area contributed by atoms with E-state index in [-0.39, 0.29) is 5.41 Å². The molecule has 5 aromatic carbocycles. The molecule has 0 heterocycles. The largest absolute Gasteiger partial charge is 0.198 e. The zero-order valence-electron chi connectivity index (χ0n) is 21.9. The van der Waals surface area contributed by atoms with Crippen LogP contribution in [0.2, 0.25) is 0 Å². The Morgan fingerprint density at radius 3 is 1.89 bits per heavy atom. The topological polar surface area (TPSA) is 23.8 Å². The van der Waals surface area contributed by atoms with Crippen molar-refractivity contribution in [2.45, 2.75) is 38.5 Å². The van der Waals surface area contributed by atoms with E-state index < -0.39 is 0 Å². The van der Waals surface area contributed by atoms with Crippen molar-refractivity contribution in [2.24, 2.45) is 0 Å². The van der Waals surface area contributed by atoms with Gasteiger partial charge in [0.2, 0.25) is 0 Å². The molecule has 182 valence electrons. The van der Waals surface area contributed by atoms with E-state index in [1.165, 1.54) is 66.8 Å². The second kappa shape index (κ2) is 8.57. The van der Waals surface area contributed by atoms with Crippen LogP contribution in [0.4, 0.5) is 0 Å². The maximum atomic E-state index is 9.88. The number of rotatable bonds is 3. The van der Waals surface area contributed by atoms with Gasteiger partial charge in [0.05, 0.1) is 17.9 Å². The monoisotopic (exact) mass is 487 g/mol. The van der Waals surface area contributed by atoms with Crippen molar-refractivity contribution in [3.63, 3.8) is 0 Å². The van der Waals surface area contributed by atoms with Crippen molar-refractivity contribution in [3.8, 4) is 17.2 Å². The van der Waals surface area contributed by atoms with Gasteiger partial charge in [0.1, 0.15) is 0 Å². The highest BCUT2D eigenvalue weighted by molar-refractivity contribution is 5.87. The summed E-state index contributed by atoms with van der Waals surface area (Å²) in [4.78, 5) is 0. The molecule has 38 heavy (non-hydrogen) atoms. The van der Waals surface area contributed by atoms with Gasteiger partial charge in [0, 0.05) is 0 Å². The Balaban J connectivity index is 1.53. The van der Waals surface area contributed by atoms with Crippen LogP contribution in [-0.2, 0) is 24.7 Å². The smallest absolute Gasteiger partial charge is 0.0719 e. The first-order chi connectivity index (χ1) is 18.6. The number of hydrogen-bond donors (Lipinski definition) is 0. The number of nitrogens with zero attached hydrogens (tertiary/aromatic N) is 1. The van der Waals surface area contributed by atoms with Gasteiger partial charge in [-0.2, -0.15) is 5.26 Å². The third kappa shape index (κ3) is 3.24. The molecule has 0 saturated carbocycles. The molecular formula is C37H29N. The quantitative estimate of drug-likeness (QED) is 0.246. The predicted molar refractivity (Wildman–Crippen MR) is 155 cm³/mol. The van der Waals surface area contributed by atoms with E-state index >= 15 is 0 Å². The Morgan fingerprint density at radius 1 is 0.632 bits per heavy atom. The number of aryl methyl sites for hydroxylation is 2. The SMILES string of the molecule is Cc1cc(C)cc(Cc2cc3c(cc2CC#N)C2(c4ccccc4C3)c3ccccc3-c3ccccc32)c1. The van der Waals surface area contributed by atoms with Gasteiger partial charge in [-0.1, -0.05) is 114 Å². The van der Waals surface area contributed by atoms with Crippen LogP contribution in [0, 0.1) is 25.2 Å². The summed E-state index contributed by atoms with van der Waals surface area (Å²) in [6.07, 6.45) is 2.16. The van der Waals surface area contributed by atoms with Crippen LogP contribution in [0.1, 0.15) is 61.2 Å². The van der Waals surface area contributed by atoms with Crippen molar-refractivity contribution in [1.82, 2.24) is 0 Å². The second-order valence-corrected chi connectivity index (χ2v) is 11.0. The highest BCUT2D eigenvalue weighted by atomic mass is 14.5. The third-order valence-corrected chi connectivity index (χ3v) is 8.53. The normalized spacial score (nSPS) is 13.8. The second-order valence-electron chi connectivity index (χ2n) is 11.0. The van der Waals surface area contributed by atoms with Gasteiger partial charge < -0.3 is 0 Å². The van der Waals surface area contributed by atoms with Crippen molar-refractivity contribution in [3.05, 3.63) is 164 Å². The van der Waals surface area contributed by atoms with Crippen molar-refractivity contribution in [1.29, 1.82) is 5.26 Å². The molecule has 0 aliphatic heterocycles. The summed E-state index contributed by atoms with van der Waals surface area (Å²) in [5.74, 6) is 0.